The van der Waals surface area contributed by atoms with E-state index in [1.807, 2.05) is 6.92 Å². The highest BCUT2D eigenvalue weighted by Crippen LogP contribution is 2.48. The average molecular weight is 432 g/mol. The summed E-state index contributed by atoms with van der Waals surface area (Å²) in [6.07, 6.45) is 2.88. The molecule has 0 aliphatic heterocycles. The molecule has 1 aliphatic rings. The van der Waals surface area contributed by atoms with Gasteiger partial charge < -0.3 is 19.2 Å². The van der Waals surface area contributed by atoms with Crippen LogP contribution in [-0.4, -0.2) is 46.0 Å². The highest BCUT2D eigenvalue weighted by molar-refractivity contribution is 5.75. The van der Waals surface area contributed by atoms with Crippen LogP contribution < -0.4 is 14.8 Å². The SMILES string of the molecule is CC(=O)N[C@@H](C)COc1cc2oc(-c3cc(C)c(OC[C@H]4CC4(F)F)cn3)nc2cn1. The van der Waals surface area contributed by atoms with E-state index >= 15 is 0 Å². The van der Waals surface area contributed by atoms with Crippen molar-refractivity contribution in [3.8, 4) is 23.2 Å². The zero-order valence-corrected chi connectivity index (χ0v) is 17.3. The van der Waals surface area contributed by atoms with Crippen LogP contribution in [0.25, 0.3) is 22.7 Å². The van der Waals surface area contributed by atoms with Crippen LogP contribution >= 0.6 is 0 Å². The number of pyridine rings is 2. The van der Waals surface area contributed by atoms with Gasteiger partial charge in [-0.25, -0.2) is 23.7 Å². The molecule has 1 N–H and O–H groups in total. The normalized spacial score (nSPS) is 17.9. The number of halogens is 2. The van der Waals surface area contributed by atoms with Gasteiger partial charge in [-0.05, 0) is 25.5 Å². The standard InChI is InChI=1S/C21H22F2N4O4/c1-11-4-15(24-8-18(11)29-10-14-6-21(14,22)23)20-27-16-7-25-19(5-17(16)31-20)30-9-12(2)26-13(3)28/h4-5,7-8,12,14H,6,9-10H2,1-3H3,(H,26,28)/t12-,14+/m0/s1. The molecule has 0 radical (unpaired) electrons. The van der Waals surface area contributed by atoms with E-state index in [1.54, 1.807) is 19.1 Å². The first-order valence-electron chi connectivity index (χ1n) is 9.85. The Bertz CT molecular complexity index is 1120. The summed E-state index contributed by atoms with van der Waals surface area (Å²) in [5.74, 6) is -2.38. The van der Waals surface area contributed by atoms with Gasteiger partial charge in [-0.3, -0.25) is 4.79 Å². The minimum atomic E-state index is -2.61. The quantitative estimate of drug-likeness (QED) is 0.581. The number of ether oxygens (including phenoxy) is 2. The van der Waals surface area contributed by atoms with E-state index in [4.69, 9.17) is 13.9 Å². The topological polar surface area (TPSA) is 99.4 Å². The zero-order valence-electron chi connectivity index (χ0n) is 17.3. The summed E-state index contributed by atoms with van der Waals surface area (Å²) in [7, 11) is 0. The predicted octanol–water partition coefficient (Wildman–Crippen LogP) is 3.53. The second-order valence-corrected chi connectivity index (χ2v) is 7.73. The number of carbonyl (C=O) groups is 1. The third-order valence-corrected chi connectivity index (χ3v) is 4.86. The lowest BCUT2D eigenvalue weighted by Gasteiger charge is -2.12. The molecule has 0 unspecified atom stereocenters. The number of nitrogens with one attached hydrogen (secondary N) is 1. The molecule has 164 valence electrons. The Morgan fingerprint density at radius 2 is 2.10 bits per heavy atom. The lowest BCUT2D eigenvalue weighted by molar-refractivity contribution is -0.119. The van der Waals surface area contributed by atoms with E-state index in [0.29, 0.717) is 34.3 Å². The number of amides is 1. The van der Waals surface area contributed by atoms with Crippen molar-refractivity contribution >= 4 is 17.0 Å². The van der Waals surface area contributed by atoms with Crippen LogP contribution in [0.2, 0.25) is 0 Å². The number of alkyl halides is 2. The highest BCUT2D eigenvalue weighted by atomic mass is 19.3. The van der Waals surface area contributed by atoms with Crippen LogP contribution in [0.3, 0.4) is 0 Å². The Morgan fingerprint density at radius 3 is 2.77 bits per heavy atom. The molecule has 4 rings (SSSR count). The van der Waals surface area contributed by atoms with E-state index in [1.165, 1.54) is 19.3 Å². The minimum Gasteiger partial charge on any atom is -0.491 e. The van der Waals surface area contributed by atoms with E-state index in [2.05, 4.69) is 20.3 Å². The molecule has 3 aromatic rings. The molecular formula is C21H22F2N4O4. The Balaban J connectivity index is 1.44. The summed E-state index contributed by atoms with van der Waals surface area (Å²) >= 11 is 0. The molecule has 31 heavy (non-hydrogen) atoms. The fourth-order valence-corrected chi connectivity index (χ4v) is 3.05. The Labute approximate surface area is 177 Å². The van der Waals surface area contributed by atoms with Crippen LogP contribution in [0, 0.1) is 12.8 Å². The fraction of sp³-hybridized carbons (Fsp3) is 0.429. The van der Waals surface area contributed by atoms with Crippen molar-refractivity contribution in [2.45, 2.75) is 39.2 Å². The average Bonchev–Trinajstić information content (AvgIpc) is 3.11. The molecular weight excluding hydrogens is 410 g/mol. The molecule has 0 bridgehead atoms. The molecule has 1 aliphatic carbocycles. The largest absolute Gasteiger partial charge is 0.491 e. The van der Waals surface area contributed by atoms with Crippen molar-refractivity contribution < 1.29 is 27.5 Å². The van der Waals surface area contributed by atoms with E-state index in [0.717, 1.165) is 5.56 Å². The number of aryl methyl sites for hydroxylation is 1. The van der Waals surface area contributed by atoms with Crippen molar-refractivity contribution in [3.63, 3.8) is 0 Å². The number of aromatic nitrogens is 3. The van der Waals surface area contributed by atoms with Crippen LogP contribution in [0.4, 0.5) is 8.78 Å². The smallest absolute Gasteiger partial charge is 0.255 e. The minimum absolute atomic E-state index is 0.0350. The van der Waals surface area contributed by atoms with Gasteiger partial charge in [0.2, 0.25) is 17.7 Å². The molecule has 8 nitrogen and oxygen atoms in total. The monoisotopic (exact) mass is 432 g/mol. The maximum Gasteiger partial charge on any atom is 0.255 e. The van der Waals surface area contributed by atoms with Gasteiger partial charge in [0.15, 0.2) is 5.58 Å². The summed E-state index contributed by atoms with van der Waals surface area (Å²) in [5, 5.41) is 2.72. The van der Waals surface area contributed by atoms with Gasteiger partial charge in [0.1, 0.15) is 23.6 Å². The van der Waals surface area contributed by atoms with Gasteiger partial charge >= 0.3 is 0 Å². The maximum absolute atomic E-state index is 13.0. The van der Waals surface area contributed by atoms with Crippen molar-refractivity contribution in [3.05, 3.63) is 30.1 Å². The van der Waals surface area contributed by atoms with E-state index in [9.17, 15) is 13.6 Å². The summed E-state index contributed by atoms with van der Waals surface area (Å²) in [6.45, 7) is 5.29. The van der Waals surface area contributed by atoms with Gasteiger partial charge in [0.25, 0.3) is 5.92 Å². The summed E-state index contributed by atoms with van der Waals surface area (Å²) in [4.78, 5) is 23.9. The van der Waals surface area contributed by atoms with E-state index in [-0.39, 0.29) is 31.6 Å². The van der Waals surface area contributed by atoms with Crippen LogP contribution in [0.1, 0.15) is 25.8 Å². The number of hydrogen-bond donors (Lipinski definition) is 1. The number of hydrogen-bond acceptors (Lipinski definition) is 7. The Kier molecular flexibility index (Phi) is 5.47. The molecule has 2 atom stereocenters. The molecule has 0 spiro atoms. The van der Waals surface area contributed by atoms with Crippen LogP contribution in [0.15, 0.2) is 28.9 Å². The molecule has 10 heteroatoms. The number of nitrogens with zero attached hydrogens (tertiary/aromatic N) is 3. The highest BCUT2D eigenvalue weighted by Gasteiger charge is 2.57. The van der Waals surface area contributed by atoms with E-state index < -0.39 is 11.8 Å². The second kappa shape index (κ2) is 8.09. The zero-order chi connectivity index (χ0) is 22.2. The Hall–Kier alpha value is -3.30. The van der Waals surface area contributed by atoms with Gasteiger partial charge in [0, 0.05) is 19.4 Å². The second-order valence-electron chi connectivity index (χ2n) is 7.73. The molecule has 1 fully saturated rings. The third kappa shape index (κ3) is 4.89. The lowest BCUT2D eigenvalue weighted by Crippen LogP contribution is -2.35. The Morgan fingerprint density at radius 1 is 1.32 bits per heavy atom. The molecule has 1 amide bonds. The first-order valence-corrected chi connectivity index (χ1v) is 9.85. The van der Waals surface area contributed by atoms with Gasteiger partial charge in [-0.1, -0.05) is 0 Å². The van der Waals surface area contributed by atoms with Gasteiger partial charge in [-0.15, -0.1) is 0 Å². The number of carbonyl (C=O) groups excluding carboxylic acids is 1. The summed E-state index contributed by atoms with van der Waals surface area (Å²) < 4.78 is 42.9. The summed E-state index contributed by atoms with van der Waals surface area (Å²) in [5.41, 5.74) is 2.24. The lowest BCUT2D eigenvalue weighted by atomic mass is 10.2. The van der Waals surface area contributed by atoms with Gasteiger partial charge in [-0.2, -0.15) is 0 Å². The number of fused-ring (bicyclic) bond motifs is 1. The van der Waals surface area contributed by atoms with Gasteiger partial charge in [0.05, 0.1) is 31.0 Å². The molecule has 0 saturated heterocycles. The fourth-order valence-electron chi connectivity index (χ4n) is 3.05. The third-order valence-electron chi connectivity index (χ3n) is 4.86. The first kappa shape index (κ1) is 21.0. The molecule has 0 aromatic carbocycles. The molecule has 3 heterocycles. The molecule has 1 saturated carbocycles. The van der Waals surface area contributed by atoms with Crippen LogP contribution in [0.5, 0.6) is 11.6 Å². The van der Waals surface area contributed by atoms with Crippen molar-refractivity contribution in [2.75, 3.05) is 13.2 Å². The predicted molar refractivity (Wildman–Crippen MR) is 107 cm³/mol. The van der Waals surface area contributed by atoms with Crippen molar-refractivity contribution in [2.24, 2.45) is 5.92 Å². The maximum atomic E-state index is 13.0. The number of rotatable bonds is 8. The van der Waals surface area contributed by atoms with Crippen LogP contribution in [-0.2, 0) is 4.79 Å². The molecule has 3 aromatic heterocycles. The first-order chi connectivity index (χ1) is 14.7. The number of oxazole rings is 1. The summed E-state index contributed by atoms with van der Waals surface area (Å²) in [6, 6.07) is 3.18. The van der Waals surface area contributed by atoms with Crippen molar-refractivity contribution in [1.29, 1.82) is 0 Å². The van der Waals surface area contributed by atoms with Crippen molar-refractivity contribution in [1.82, 2.24) is 20.3 Å².